The van der Waals surface area contributed by atoms with Crippen molar-refractivity contribution in [3.8, 4) is 0 Å². The lowest BCUT2D eigenvalue weighted by molar-refractivity contribution is -0.120. The number of carbonyl (C=O) groups excluding carboxylic acids is 1. The van der Waals surface area contributed by atoms with Crippen LogP contribution in [0.15, 0.2) is 0 Å². The van der Waals surface area contributed by atoms with E-state index in [2.05, 4.69) is 22.6 Å². The molecule has 0 unspecified atom stereocenters. The maximum atomic E-state index is 11.5. The molecule has 0 spiro atoms. The molecule has 1 aliphatic heterocycles. The van der Waals surface area contributed by atoms with Crippen molar-refractivity contribution < 1.29 is 9.53 Å². The van der Waals surface area contributed by atoms with Gasteiger partial charge in [-0.05, 0) is 38.9 Å². The van der Waals surface area contributed by atoms with Gasteiger partial charge in [0.1, 0.15) is 0 Å². The number of halogens is 2. The van der Waals surface area contributed by atoms with Gasteiger partial charge < -0.3 is 20.3 Å². The Kier molecular flexibility index (Phi) is 14.5. The van der Waals surface area contributed by atoms with Gasteiger partial charge in [-0.15, -0.1) is 24.8 Å². The van der Waals surface area contributed by atoms with Crippen LogP contribution < -0.4 is 10.6 Å². The number of nitrogens with zero attached hydrogens (tertiary/aromatic N) is 1. The van der Waals surface area contributed by atoms with Crippen molar-refractivity contribution in [3.05, 3.63) is 0 Å². The molecule has 0 aromatic heterocycles. The summed E-state index contributed by atoms with van der Waals surface area (Å²) in [4.78, 5) is 13.8. The molecule has 1 saturated heterocycles. The van der Waals surface area contributed by atoms with Gasteiger partial charge in [0.25, 0.3) is 0 Å². The van der Waals surface area contributed by atoms with Crippen LogP contribution in [0.5, 0.6) is 0 Å². The Bertz CT molecular complexity index is 225. The minimum atomic E-state index is 0. The number of rotatable bonds is 7. The molecule has 0 atom stereocenters. The lowest BCUT2D eigenvalue weighted by atomic mass is 9.97. The summed E-state index contributed by atoms with van der Waals surface area (Å²) in [5.74, 6) is 0.731. The highest BCUT2D eigenvalue weighted by molar-refractivity contribution is 5.85. The van der Waals surface area contributed by atoms with Crippen molar-refractivity contribution >= 4 is 30.7 Å². The van der Waals surface area contributed by atoms with Crippen molar-refractivity contribution in [2.45, 2.75) is 12.8 Å². The van der Waals surface area contributed by atoms with E-state index in [1.807, 2.05) is 0 Å². The second-order valence-corrected chi connectivity index (χ2v) is 4.72. The lowest BCUT2D eigenvalue weighted by Crippen LogP contribution is -2.40. The molecular formula is C12H27Cl2N3O2. The summed E-state index contributed by atoms with van der Waals surface area (Å²) in [6, 6.07) is 0. The smallest absolute Gasteiger partial charge is 0.233 e. The molecule has 5 nitrogen and oxygen atoms in total. The predicted molar refractivity (Wildman–Crippen MR) is 82.5 cm³/mol. The van der Waals surface area contributed by atoms with E-state index in [9.17, 15) is 4.79 Å². The highest BCUT2D eigenvalue weighted by atomic mass is 35.5. The Balaban J connectivity index is 0. The van der Waals surface area contributed by atoms with Gasteiger partial charge in [-0.2, -0.15) is 0 Å². The van der Waals surface area contributed by atoms with Gasteiger partial charge >= 0.3 is 0 Å². The van der Waals surface area contributed by atoms with Gasteiger partial charge in [-0.1, -0.05) is 0 Å². The number of hydrogen-bond acceptors (Lipinski definition) is 4. The fraction of sp³-hybridized carbons (Fsp3) is 0.917. The molecular weight excluding hydrogens is 289 g/mol. The third kappa shape index (κ3) is 10.4. The summed E-state index contributed by atoms with van der Waals surface area (Å²) in [5, 5.41) is 6.02. The minimum Gasteiger partial charge on any atom is -0.383 e. The second-order valence-electron chi connectivity index (χ2n) is 4.72. The minimum absolute atomic E-state index is 0. The largest absolute Gasteiger partial charge is 0.383 e. The van der Waals surface area contributed by atoms with Gasteiger partial charge in [0, 0.05) is 20.2 Å². The molecule has 0 radical (unpaired) electrons. The highest BCUT2D eigenvalue weighted by Crippen LogP contribution is 2.14. The summed E-state index contributed by atoms with van der Waals surface area (Å²) in [6.45, 7) is 4.86. The van der Waals surface area contributed by atoms with E-state index >= 15 is 0 Å². The quantitative estimate of drug-likeness (QED) is 0.673. The number of nitrogens with one attached hydrogen (secondary N) is 2. The summed E-state index contributed by atoms with van der Waals surface area (Å²) in [7, 11) is 3.80. The number of amides is 1. The maximum Gasteiger partial charge on any atom is 0.233 e. The lowest BCUT2D eigenvalue weighted by Gasteiger charge is -2.28. The van der Waals surface area contributed by atoms with E-state index in [1.165, 1.54) is 12.8 Å². The van der Waals surface area contributed by atoms with Crippen LogP contribution in [0.1, 0.15) is 12.8 Å². The Morgan fingerprint density at radius 1 is 1.32 bits per heavy atom. The molecule has 0 aliphatic carbocycles. The van der Waals surface area contributed by atoms with Crippen molar-refractivity contribution in [1.82, 2.24) is 15.5 Å². The molecule has 1 fully saturated rings. The van der Waals surface area contributed by atoms with Gasteiger partial charge in [-0.3, -0.25) is 4.79 Å². The topological polar surface area (TPSA) is 53.6 Å². The number of methoxy groups -OCH3 is 1. The Morgan fingerprint density at radius 2 is 1.95 bits per heavy atom. The standard InChI is InChI=1S/C12H25N3O2.2ClH/c1-15-6-3-11(4-7-15)9-14-12(16)10-13-5-8-17-2;;/h11,13H,3-10H2,1-2H3,(H,14,16);2*1H. The van der Waals surface area contributed by atoms with Crippen LogP contribution in [0.4, 0.5) is 0 Å². The van der Waals surface area contributed by atoms with Gasteiger partial charge in [0.2, 0.25) is 5.91 Å². The molecule has 1 rings (SSSR count). The van der Waals surface area contributed by atoms with Crippen LogP contribution in [0.3, 0.4) is 0 Å². The predicted octanol–water partition coefficient (Wildman–Crippen LogP) is 0.524. The first-order valence-electron chi connectivity index (χ1n) is 6.37. The van der Waals surface area contributed by atoms with Crippen LogP contribution in [-0.4, -0.2) is 64.3 Å². The summed E-state index contributed by atoms with van der Waals surface area (Å²) >= 11 is 0. The van der Waals surface area contributed by atoms with Crippen LogP contribution in [0.2, 0.25) is 0 Å². The monoisotopic (exact) mass is 315 g/mol. The zero-order valence-corrected chi connectivity index (χ0v) is 13.4. The molecule has 1 heterocycles. The number of likely N-dealkylation sites (tertiary alicyclic amines) is 1. The molecule has 0 aromatic rings. The third-order valence-corrected chi connectivity index (χ3v) is 3.19. The Hall–Kier alpha value is -0.0700. The van der Waals surface area contributed by atoms with E-state index in [0.29, 0.717) is 19.1 Å². The Morgan fingerprint density at radius 3 is 2.53 bits per heavy atom. The van der Waals surface area contributed by atoms with E-state index in [0.717, 1.165) is 26.2 Å². The van der Waals surface area contributed by atoms with Crippen molar-refractivity contribution in [1.29, 1.82) is 0 Å². The first kappa shape index (κ1) is 21.2. The van der Waals surface area contributed by atoms with Crippen LogP contribution >= 0.6 is 24.8 Å². The molecule has 0 bridgehead atoms. The molecule has 116 valence electrons. The van der Waals surface area contributed by atoms with Crippen molar-refractivity contribution in [2.24, 2.45) is 5.92 Å². The molecule has 0 saturated carbocycles. The summed E-state index contributed by atoms with van der Waals surface area (Å²) in [6.07, 6.45) is 2.38. The van der Waals surface area contributed by atoms with E-state index in [1.54, 1.807) is 7.11 Å². The van der Waals surface area contributed by atoms with Crippen LogP contribution in [0.25, 0.3) is 0 Å². The fourth-order valence-electron chi connectivity index (χ4n) is 1.96. The second kappa shape index (κ2) is 12.9. The fourth-order valence-corrected chi connectivity index (χ4v) is 1.96. The maximum absolute atomic E-state index is 11.5. The van der Waals surface area contributed by atoms with E-state index in [-0.39, 0.29) is 30.7 Å². The van der Waals surface area contributed by atoms with Crippen molar-refractivity contribution in [3.63, 3.8) is 0 Å². The number of ether oxygens (including phenoxy) is 1. The normalized spacial score (nSPS) is 16.3. The molecule has 0 aromatic carbocycles. The molecule has 1 amide bonds. The number of hydrogen-bond donors (Lipinski definition) is 2. The van der Waals surface area contributed by atoms with Crippen molar-refractivity contribution in [2.75, 3.05) is 53.5 Å². The zero-order valence-electron chi connectivity index (χ0n) is 11.8. The zero-order chi connectivity index (χ0) is 12.5. The van der Waals surface area contributed by atoms with Gasteiger partial charge in [0.15, 0.2) is 0 Å². The average Bonchev–Trinajstić information content (AvgIpc) is 2.34. The van der Waals surface area contributed by atoms with Crippen LogP contribution in [-0.2, 0) is 9.53 Å². The van der Waals surface area contributed by atoms with E-state index < -0.39 is 0 Å². The molecule has 1 aliphatic rings. The van der Waals surface area contributed by atoms with Gasteiger partial charge in [-0.25, -0.2) is 0 Å². The van der Waals surface area contributed by atoms with Gasteiger partial charge in [0.05, 0.1) is 13.2 Å². The van der Waals surface area contributed by atoms with E-state index in [4.69, 9.17) is 4.74 Å². The average molecular weight is 316 g/mol. The van der Waals surface area contributed by atoms with Crippen LogP contribution in [0, 0.1) is 5.92 Å². The first-order valence-corrected chi connectivity index (χ1v) is 6.37. The Labute approximate surface area is 128 Å². The number of carbonyl (C=O) groups is 1. The molecule has 7 heteroatoms. The summed E-state index contributed by atoms with van der Waals surface area (Å²) in [5.41, 5.74) is 0. The first-order chi connectivity index (χ1) is 8.22. The number of piperidine rings is 1. The summed E-state index contributed by atoms with van der Waals surface area (Å²) < 4.78 is 4.89. The molecule has 2 N–H and O–H groups in total. The SMILES string of the molecule is COCCNCC(=O)NCC1CCN(C)CC1.Cl.Cl. The third-order valence-electron chi connectivity index (χ3n) is 3.19. The highest BCUT2D eigenvalue weighted by Gasteiger charge is 2.16. The molecule has 19 heavy (non-hydrogen) atoms.